The zero-order valence-corrected chi connectivity index (χ0v) is 10.9. The SMILES string of the molecule is C(=Cc1ccccc1)CNC1CCc2ncnn2C1. The van der Waals surface area contributed by atoms with E-state index < -0.39 is 0 Å². The Morgan fingerprint density at radius 3 is 3.11 bits per heavy atom. The molecular weight excluding hydrogens is 236 g/mol. The van der Waals surface area contributed by atoms with Crippen LogP contribution in [0.3, 0.4) is 0 Å². The average molecular weight is 254 g/mol. The summed E-state index contributed by atoms with van der Waals surface area (Å²) in [4.78, 5) is 4.24. The van der Waals surface area contributed by atoms with Gasteiger partial charge in [0.05, 0.1) is 6.54 Å². The lowest BCUT2D eigenvalue weighted by Gasteiger charge is -2.22. The van der Waals surface area contributed by atoms with Crippen LogP contribution >= 0.6 is 0 Å². The summed E-state index contributed by atoms with van der Waals surface area (Å²) in [7, 11) is 0. The molecule has 2 aromatic rings. The van der Waals surface area contributed by atoms with Gasteiger partial charge in [-0.15, -0.1) is 0 Å². The second-order valence-corrected chi connectivity index (χ2v) is 4.82. The Balaban J connectivity index is 1.48. The highest BCUT2D eigenvalue weighted by Gasteiger charge is 2.18. The standard InChI is InChI=1S/C15H18N4/c1-2-5-13(6-3-1)7-4-10-16-14-8-9-15-17-12-18-19(15)11-14/h1-7,12,14,16H,8-11H2. The number of fused-ring (bicyclic) bond motifs is 1. The summed E-state index contributed by atoms with van der Waals surface area (Å²) in [6, 6.07) is 10.9. The molecule has 1 aliphatic heterocycles. The molecule has 4 heteroatoms. The van der Waals surface area contributed by atoms with Gasteiger partial charge in [-0.05, 0) is 12.0 Å². The molecular formula is C15H18N4. The summed E-state index contributed by atoms with van der Waals surface area (Å²) in [5.41, 5.74) is 1.24. The monoisotopic (exact) mass is 254 g/mol. The molecule has 1 aromatic heterocycles. The molecule has 0 saturated carbocycles. The van der Waals surface area contributed by atoms with Gasteiger partial charge in [-0.25, -0.2) is 9.67 Å². The molecule has 4 nitrogen and oxygen atoms in total. The van der Waals surface area contributed by atoms with Crippen LogP contribution in [-0.4, -0.2) is 27.4 Å². The van der Waals surface area contributed by atoms with Crippen LogP contribution in [0.25, 0.3) is 6.08 Å². The van der Waals surface area contributed by atoms with Crippen LogP contribution in [0.15, 0.2) is 42.7 Å². The molecule has 1 aromatic carbocycles. The normalized spacial score (nSPS) is 18.6. The highest BCUT2D eigenvalue weighted by Crippen LogP contribution is 2.11. The van der Waals surface area contributed by atoms with Gasteiger partial charge < -0.3 is 5.32 Å². The van der Waals surface area contributed by atoms with E-state index in [1.807, 2.05) is 10.7 Å². The highest BCUT2D eigenvalue weighted by atomic mass is 15.3. The van der Waals surface area contributed by atoms with Crippen LogP contribution in [0.4, 0.5) is 0 Å². The third-order valence-corrected chi connectivity index (χ3v) is 3.44. The minimum absolute atomic E-state index is 0.495. The molecule has 0 aliphatic carbocycles. The molecule has 1 aliphatic rings. The van der Waals surface area contributed by atoms with Gasteiger partial charge >= 0.3 is 0 Å². The van der Waals surface area contributed by atoms with Gasteiger partial charge in [-0.3, -0.25) is 0 Å². The maximum atomic E-state index is 4.24. The number of benzene rings is 1. The van der Waals surface area contributed by atoms with E-state index in [0.29, 0.717) is 6.04 Å². The Bertz CT molecular complexity index is 544. The van der Waals surface area contributed by atoms with Gasteiger partial charge in [0.1, 0.15) is 12.2 Å². The van der Waals surface area contributed by atoms with Crippen molar-refractivity contribution in [3.05, 3.63) is 54.1 Å². The number of aryl methyl sites for hydroxylation is 1. The molecule has 3 rings (SSSR count). The molecule has 19 heavy (non-hydrogen) atoms. The molecule has 0 saturated heterocycles. The van der Waals surface area contributed by atoms with E-state index in [2.05, 4.69) is 51.8 Å². The number of nitrogens with one attached hydrogen (secondary N) is 1. The first-order chi connectivity index (χ1) is 9.42. The van der Waals surface area contributed by atoms with E-state index >= 15 is 0 Å². The first-order valence-electron chi connectivity index (χ1n) is 6.73. The maximum Gasteiger partial charge on any atom is 0.138 e. The zero-order chi connectivity index (χ0) is 12.9. The smallest absolute Gasteiger partial charge is 0.138 e. The fraction of sp³-hybridized carbons (Fsp3) is 0.333. The average Bonchev–Trinajstić information content (AvgIpc) is 2.92. The molecule has 0 bridgehead atoms. The van der Waals surface area contributed by atoms with Gasteiger partial charge in [0.2, 0.25) is 0 Å². The quantitative estimate of drug-likeness (QED) is 0.906. The molecule has 1 atom stereocenters. The molecule has 2 heterocycles. The third kappa shape index (κ3) is 3.09. The lowest BCUT2D eigenvalue weighted by molar-refractivity contribution is 0.370. The first-order valence-corrected chi connectivity index (χ1v) is 6.73. The molecule has 98 valence electrons. The number of rotatable bonds is 4. The van der Waals surface area contributed by atoms with Gasteiger partial charge in [0.15, 0.2) is 0 Å². The van der Waals surface area contributed by atoms with Crippen LogP contribution in [0, 0.1) is 0 Å². The summed E-state index contributed by atoms with van der Waals surface area (Å²) in [5, 5.41) is 7.78. The van der Waals surface area contributed by atoms with Crippen LogP contribution < -0.4 is 5.32 Å². The third-order valence-electron chi connectivity index (χ3n) is 3.44. The second-order valence-electron chi connectivity index (χ2n) is 4.82. The molecule has 1 N–H and O–H groups in total. The summed E-state index contributed by atoms with van der Waals surface area (Å²) in [6.07, 6.45) is 8.12. The summed E-state index contributed by atoms with van der Waals surface area (Å²) in [5.74, 6) is 1.11. The van der Waals surface area contributed by atoms with Crippen LogP contribution in [0.1, 0.15) is 17.8 Å². The maximum absolute atomic E-state index is 4.24. The van der Waals surface area contributed by atoms with Crippen molar-refractivity contribution in [2.45, 2.75) is 25.4 Å². The van der Waals surface area contributed by atoms with Gasteiger partial charge in [-0.1, -0.05) is 42.5 Å². The fourth-order valence-electron chi connectivity index (χ4n) is 2.40. The van der Waals surface area contributed by atoms with Crippen molar-refractivity contribution in [1.82, 2.24) is 20.1 Å². The molecule has 0 fully saturated rings. The van der Waals surface area contributed by atoms with Crippen molar-refractivity contribution < 1.29 is 0 Å². The van der Waals surface area contributed by atoms with E-state index in [1.54, 1.807) is 6.33 Å². The predicted molar refractivity (Wildman–Crippen MR) is 75.6 cm³/mol. The van der Waals surface area contributed by atoms with E-state index in [9.17, 15) is 0 Å². The van der Waals surface area contributed by atoms with Crippen molar-refractivity contribution in [3.63, 3.8) is 0 Å². The first kappa shape index (κ1) is 12.1. The van der Waals surface area contributed by atoms with Crippen molar-refractivity contribution in [1.29, 1.82) is 0 Å². The number of aromatic nitrogens is 3. The molecule has 0 amide bonds. The van der Waals surface area contributed by atoms with Crippen LogP contribution in [0.2, 0.25) is 0 Å². The Morgan fingerprint density at radius 2 is 2.21 bits per heavy atom. The minimum Gasteiger partial charge on any atom is -0.309 e. The van der Waals surface area contributed by atoms with Crippen LogP contribution in [-0.2, 0) is 13.0 Å². The largest absolute Gasteiger partial charge is 0.309 e. The Kier molecular flexibility index (Phi) is 3.70. The zero-order valence-electron chi connectivity index (χ0n) is 10.9. The minimum atomic E-state index is 0.495. The predicted octanol–water partition coefficient (Wildman–Crippen LogP) is 1.90. The van der Waals surface area contributed by atoms with E-state index in [1.165, 1.54) is 5.56 Å². The lowest BCUT2D eigenvalue weighted by Crippen LogP contribution is -2.37. The van der Waals surface area contributed by atoms with Gasteiger partial charge in [0, 0.05) is 19.0 Å². The lowest BCUT2D eigenvalue weighted by atomic mass is 10.1. The Morgan fingerprint density at radius 1 is 1.32 bits per heavy atom. The molecule has 0 spiro atoms. The van der Waals surface area contributed by atoms with Crippen LogP contribution in [0.5, 0.6) is 0 Å². The fourth-order valence-corrected chi connectivity index (χ4v) is 2.40. The Labute approximate surface area is 113 Å². The van der Waals surface area contributed by atoms with E-state index in [0.717, 1.165) is 31.8 Å². The molecule has 1 unspecified atom stereocenters. The highest BCUT2D eigenvalue weighted by molar-refractivity contribution is 5.48. The number of nitrogens with zero attached hydrogens (tertiary/aromatic N) is 3. The summed E-state index contributed by atoms with van der Waals surface area (Å²) in [6.45, 7) is 1.82. The van der Waals surface area contributed by atoms with Gasteiger partial charge in [-0.2, -0.15) is 5.10 Å². The van der Waals surface area contributed by atoms with Crippen molar-refractivity contribution >= 4 is 6.08 Å². The number of hydrogen-bond acceptors (Lipinski definition) is 3. The van der Waals surface area contributed by atoms with Gasteiger partial charge in [0.25, 0.3) is 0 Å². The summed E-state index contributed by atoms with van der Waals surface area (Å²) < 4.78 is 2.00. The van der Waals surface area contributed by atoms with E-state index in [-0.39, 0.29) is 0 Å². The van der Waals surface area contributed by atoms with Crippen molar-refractivity contribution in [3.8, 4) is 0 Å². The molecule has 0 radical (unpaired) electrons. The van der Waals surface area contributed by atoms with Crippen molar-refractivity contribution in [2.75, 3.05) is 6.54 Å². The second kappa shape index (κ2) is 5.80. The van der Waals surface area contributed by atoms with E-state index in [4.69, 9.17) is 0 Å². The number of hydrogen-bond donors (Lipinski definition) is 1. The summed E-state index contributed by atoms with van der Waals surface area (Å²) >= 11 is 0. The van der Waals surface area contributed by atoms with Crippen molar-refractivity contribution in [2.24, 2.45) is 0 Å². The Hall–Kier alpha value is -1.94. The topological polar surface area (TPSA) is 42.7 Å².